The number of allylic oxidation sites excluding steroid dienone is 2. The zero-order valence-corrected chi connectivity index (χ0v) is 14.8. The van der Waals surface area contributed by atoms with Crippen molar-refractivity contribution in [3.63, 3.8) is 0 Å². The number of carboxylic acid groups (broad SMARTS) is 2. The van der Waals surface area contributed by atoms with Crippen molar-refractivity contribution in [1.29, 1.82) is 0 Å². The Balaban J connectivity index is 2.14. The molecule has 3 rings (SSSR count). The SMILES string of the molecule is CC1(C)CCC2=C(C1)c1ccccc1/C(=N/C(CC(=O)O)C(=O)O)C2=O. The summed E-state index contributed by atoms with van der Waals surface area (Å²) in [5, 5.41) is 18.2. The number of benzene rings is 1. The molecule has 6 heteroatoms. The van der Waals surface area contributed by atoms with Gasteiger partial charge in [-0.2, -0.15) is 0 Å². The molecule has 0 radical (unpaired) electrons. The summed E-state index contributed by atoms with van der Waals surface area (Å²) in [5.74, 6) is -2.89. The smallest absolute Gasteiger partial charge is 0.329 e. The van der Waals surface area contributed by atoms with Crippen molar-refractivity contribution in [1.82, 2.24) is 0 Å². The van der Waals surface area contributed by atoms with E-state index in [2.05, 4.69) is 18.8 Å². The van der Waals surface area contributed by atoms with Crippen LogP contribution in [0.4, 0.5) is 0 Å². The number of carbonyl (C=O) groups is 3. The Morgan fingerprint density at radius 3 is 2.42 bits per heavy atom. The highest BCUT2D eigenvalue weighted by Crippen LogP contribution is 2.46. The van der Waals surface area contributed by atoms with Gasteiger partial charge in [0.1, 0.15) is 5.71 Å². The summed E-state index contributed by atoms with van der Waals surface area (Å²) in [6, 6.07) is 5.83. The summed E-state index contributed by atoms with van der Waals surface area (Å²) in [6.45, 7) is 4.33. The number of hydrogen-bond acceptors (Lipinski definition) is 4. The van der Waals surface area contributed by atoms with Gasteiger partial charge in [-0.25, -0.2) is 4.79 Å². The van der Waals surface area contributed by atoms with Crippen LogP contribution in [0.2, 0.25) is 0 Å². The van der Waals surface area contributed by atoms with E-state index in [1.807, 2.05) is 12.1 Å². The number of fused-ring (bicyclic) bond motifs is 2. The molecule has 0 fully saturated rings. The second-order valence-electron chi connectivity index (χ2n) is 7.60. The van der Waals surface area contributed by atoms with Gasteiger partial charge in [0, 0.05) is 11.1 Å². The van der Waals surface area contributed by atoms with Crippen LogP contribution in [0.5, 0.6) is 0 Å². The first kappa shape index (κ1) is 18.0. The van der Waals surface area contributed by atoms with Crippen LogP contribution >= 0.6 is 0 Å². The molecule has 1 atom stereocenters. The van der Waals surface area contributed by atoms with E-state index in [4.69, 9.17) is 5.11 Å². The number of carbonyl (C=O) groups excluding carboxylic acids is 1. The molecule has 0 aliphatic heterocycles. The Kier molecular flexibility index (Phi) is 4.52. The molecule has 26 heavy (non-hydrogen) atoms. The van der Waals surface area contributed by atoms with Crippen molar-refractivity contribution < 1.29 is 24.6 Å². The van der Waals surface area contributed by atoms with Crippen LogP contribution < -0.4 is 0 Å². The van der Waals surface area contributed by atoms with Crippen LogP contribution in [0.25, 0.3) is 5.57 Å². The van der Waals surface area contributed by atoms with E-state index in [-0.39, 0.29) is 16.9 Å². The van der Waals surface area contributed by atoms with Gasteiger partial charge >= 0.3 is 11.9 Å². The van der Waals surface area contributed by atoms with Crippen LogP contribution in [0.15, 0.2) is 34.8 Å². The van der Waals surface area contributed by atoms with E-state index in [0.29, 0.717) is 17.6 Å². The Hall–Kier alpha value is -2.76. The lowest BCUT2D eigenvalue weighted by atomic mass is 9.68. The molecule has 0 aromatic heterocycles. The molecule has 0 spiro atoms. The Bertz CT molecular complexity index is 863. The van der Waals surface area contributed by atoms with E-state index >= 15 is 0 Å². The van der Waals surface area contributed by atoms with E-state index in [1.165, 1.54) is 0 Å². The summed E-state index contributed by atoms with van der Waals surface area (Å²) < 4.78 is 0. The minimum atomic E-state index is -1.48. The van der Waals surface area contributed by atoms with Crippen molar-refractivity contribution in [3.05, 3.63) is 41.0 Å². The van der Waals surface area contributed by atoms with Gasteiger partial charge < -0.3 is 10.2 Å². The predicted molar refractivity (Wildman–Crippen MR) is 96.2 cm³/mol. The first-order chi connectivity index (χ1) is 12.2. The van der Waals surface area contributed by atoms with Gasteiger partial charge in [0.15, 0.2) is 6.04 Å². The highest BCUT2D eigenvalue weighted by atomic mass is 16.4. The first-order valence-corrected chi connectivity index (χ1v) is 8.58. The number of Topliss-reactive ketones (excluding diaryl/α,β-unsaturated/α-hetero) is 1. The van der Waals surface area contributed by atoms with Gasteiger partial charge in [-0.15, -0.1) is 0 Å². The van der Waals surface area contributed by atoms with Crippen molar-refractivity contribution in [2.24, 2.45) is 10.4 Å². The number of ketones is 1. The van der Waals surface area contributed by atoms with Crippen molar-refractivity contribution in [2.45, 2.75) is 45.6 Å². The first-order valence-electron chi connectivity index (χ1n) is 8.58. The summed E-state index contributed by atoms with van der Waals surface area (Å²) in [5.41, 5.74) is 3.33. The van der Waals surface area contributed by atoms with E-state index in [0.717, 1.165) is 24.0 Å². The quantitative estimate of drug-likeness (QED) is 0.864. The summed E-state index contributed by atoms with van der Waals surface area (Å²) in [4.78, 5) is 39.5. The van der Waals surface area contributed by atoms with Gasteiger partial charge in [-0.3, -0.25) is 14.6 Å². The lowest BCUT2D eigenvalue weighted by Gasteiger charge is -2.36. The van der Waals surface area contributed by atoms with E-state index < -0.39 is 24.4 Å². The molecule has 6 nitrogen and oxygen atoms in total. The largest absolute Gasteiger partial charge is 0.481 e. The third kappa shape index (κ3) is 3.31. The van der Waals surface area contributed by atoms with Gasteiger partial charge in [-0.1, -0.05) is 38.1 Å². The summed E-state index contributed by atoms with van der Waals surface area (Å²) in [6.07, 6.45) is 1.60. The number of carboxylic acids is 2. The lowest BCUT2D eigenvalue weighted by molar-refractivity contribution is -0.144. The summed E-state index contributed by atoms with van der Waals surface area (Å²) in [7, 11) is 0. The molecule has 2 aliphatic rings. The Morgan fingerprint density at radius 2 is 1.81 bits per heavy atom. The fourth-order valence-electron chi connectivity index (χ4n) is 3.65. The maximum atomic E-state index is 13.0. The van der Waals surface area contributed by atoms with Gasteiger partial charge in [-0.05, 0) is 35.8 Å². The highest BCUT2D eigenvalue weighted by molar-refractivity contribution is 6.54. The van der Waals surface area contributed by atoms with E-state index in [1.54, 1.807) is 12.1 Å². The molecule has 0 bridgehead atoms. The van der Waals surface area contributed by atoms with Gasteiger partial charge in [0.25, 0.3) is 0 Å². The number of rotatable bonds is 4. The molecule has 1 unspecified atom stereocenters. The molecule has 0 heterocycles. The van der Waals surface area contributed by atoms with Crippen LogP contribution in [0.3, 0.4) is 0 Å². The maximum absolute atomic E-state index is 13.0. The molecule has 0 saturated heterocycles. The average molecular weight is 355 g/mol. The van der Waals surface area contributed by atoms with Crippen LogP contribution in [-0.2, 0) is 14.4 Å². The normalized spacial score (nSPS) is 21.2. The average Bonchev–Trinajstić information content (AvgIpc) is 2.56. The highest BCUT2D eigenvalue weighted by Gasteiger charge is 2.37. The predicted octanol–water partition coefficient (Wildman–Crippen LogP) is 2.95. The monoisotopic (exact) mass is 355 g/mol. The fraction of sp³-hybridized carbons (Fsp3) is 0.400. The number of hydrogen-bond donors (Lipinski definition) is 2. The number of nitrogens with zero attached hydrogens (tertiary/aromatic N) is 1. The van der Waals surface area contributed by atoms with E-state index in [9.17, 15) is 19.5 Å². The molecule has 1 aromatic rings. The topological polar surface area (TPSA) is 104 Å². The zero-order chi connectivity index (χ0) is 19.1. The number of aliphatic imine (C=N–C) groups is 1. The number of aliphatic carboxylic acids is 2. The van der Waals surface area contributed by atoms with Crippen LogP contribution in [0.1, 0.15) is 50.7 Å². The summed E-state index contributed by atoms with van der Waals surface area (Å²) >= 11 is 0. The molecular weight excluding hydrogens is 334 g/mol. The van der Waals surface area contributed by atoms with Gasteiger partial charge in [0.2, 0.25) is 5.78 Å². The van der Waals surface area contributed by atoms with Crippen LogP contribution in [0, 0.1) is 5.41 Å². The molecule has 0 amide bonds. The van der Waals surface area contributed by atoms with Crippen LogP contribution in [-0.4, -0.2) is 39.7 Å². The lowest BCUT2D eigenvalue weighted by Crippen LogP contribution is -2.33. The standard InChI is InChI=1S/C20H21NO5/c1-20(2)8-7-13-14(10-20)11-5-3-4-6-12(11)17(18(13)24)21-15(19(25)26)9-16(22)23/h3-6,15H,7-10H2,1-2H3,(H,22,23)(H,25,26)/b21-17-. The second kappa shape index (κ2) is 6.52. The Labute approximate surface area is 151 Å². The van der Waals surface area contributed by atoms with Gasteiger partial charge in [0.05, 0.1) is 6.42 Å². The molecular formula is C20H21NO5. The molecule has 136 valence electrons. The van der Waals surface area contributed by atoms with Crippen molar-refractivity contribution in [3.8, 4) is 0 Å². The molecule has 1 aromatic carbocycles. The third-order valence-corrected chi connectivity index (χ3v) is 5.01. The minimum absolute atomic E-state index is 0.0627. The maximum Gasteiger partial charge on any atom is 0.329 e. The third-order valence-electron chi connectivity index (χ3n) is 5.01. The molecule has 2 aliphatic carbocycles. The minimum Gasteiger partial charge on any atom is -0.481 e. The van der Waals surface area contributed by atoms with Crippen molar-refractivity contribution >= 4 is 29.0 Å². The molecule has 0 saturated carbocycles. The second-order valence-corrected chi connectivity index (χ2v) is 7.60. The zero-order valence-electron chi connectivity index (χ0n) is 14.8. The molecule has 2 N–H and O–H groups in total. The Morgan fingerprint density at radius 1 is 1.15 bits per heavy atom. The van der Waals surface area contributed by atoms with Crippen molar-refractivity contribution in [2.75, 3.05) is 0 Å². The fourth-order valence-corrected chi connectivity index (χ4v) is 3.65.